The molecule has 140 valence electrons. The molecule has 6 heteroatoms. The van der Waals surface area contributed by atoms with Gasteiger partial charge in [0.1, 0.15) is 23.3 Å². The maximum atomic E-state index is 12.2. The fourth-order valence-corrected chi connectivity index (χ4v) is 3.89. The van der Waals surface area contributed by atoms with E-state index < -0.39 is 0 Å². The van der Waals surface area contributed by atoms with E-state index in [1.165, 1.54) is 16.9 Å². The molecule has 0 bridgehead atoms. The van der Waals surface area contributed by atoms with Crippen molar-refractivity contribution in [3.63, 3.8) is 0 Å². The normalized spacial score (nSPS) is 12.0. The SMILES string of the molecule is Cc1ccc(NC(=O)Cc2nc(C[NH2+][C@@H](C)c3ccccc3Cl)cs2)cc1. The molecule has 0 radical (unpaired) electrons. The highest BCUT2D eigenvalue weighted by atomic mass is 35.5. The van der Waals surface area contributed by atoms with Crippen LogP contribution in [0, 0.1) is 6.92 Å². The third-order valence-electron chi connectivity index (χ3n) is 4.32. The molecular weight excluding hydrogens is 378 g/mol. The Morgan fingerprint density at radius 3 is 2.70 bits per heavy atom. The van der Waals surface area contributed by atoms with Crippen LogP contribution in [0.25, 0.3) is 0 Å². The van der Waals surface area contributed by atoms with Crippen LogP contribution < -0.4 is 10.6 Å². The van der Waals surface area contributed by atoms with Crippen LogP contribution in [-0.4, -0.2) is 10.9 Å². The van der Waals surface area contributed by atoms with Crippen LogP contribution in [0.15, 0.2) is 53.9 Å². The molecule has 0 saturated carbocycles. The molecule has 0 aliphatic rings. The van der Waals surface area contributed by atoms with Gasteiger partial charge >= 0.3 is 0 Å². The van der Waals surface area contributed by atoms with Crippen molar-refractivity contribution >= 4 is 34.5 Å². The van der Waals surface area contributed by atoms with Crippen LogP contribution in [0.3, 0.4) is 0 Å². The molecule has 0 aliphatic carbocycles. The standard InChI is InChI=1S/C21H22ClN3OS/c1-14-7-9-16(10-8-14)24-20(26)11-21-25-17(13-27-21)12-23-15(2)18-5-3-4-6-19(18)22/h3-10,13,15,23H,11-12H2,1-2H3,(H,24,26)/p+1/t15-/m0/s1. The quantitative estimate of drug-likeness (QED) is 0.627. The van der Waals surface area contributed by atoms with Gasteiger partial charge < -0.3 is 10.6 Å². The number of halogens is 1. The zero-order valence-electron chi connectivity index (χ0n) is 15.4. The first kappa shape index (κ1) is 19.5. The zero-order valence-corrected chi connectivity index (χ0v) is 17.0. The maximum absolute atomic E-state index is 12.2. The highest BCUT2D eigenvalue weighted by molar-refractivity contribution is 7.09. The first-order valence-electron chi connectivity index (χ1n) is 8.89. The lowest BCUT2D eigenvalue weighted by molar-refractivity contribution is -0.708. The smallest absolute Gasteiger partial charge is 0.231 e. The number of hydrogen-bond acceptors (Lipinski definition) is 3. The van der Waals surface area contributed by atoms with Crippen molar-refractivity contribution in [2.24, 2.45) is 0 Å². The van der Waals surface area contributed by atoms with E-state index in [9.17, 15) is 4.79 Å². The number of benzene rings is 2. The second kappa shape index (κ2) is 9.13. The number of hydrogen-bond donors (Lipinski definition) is 2. The summed E-state index contributed by atoms with van der Waals surface area (Å²) in [5.74, 6) is -0.0480. The zero-order chi connectivity index (χ0) is 19.2. The number of thiazole rings is 1. The minimum Gasteiger partial charge on any atom is -0.335 e. The molecule has 3 aromatic rings. The molecule has 0 saturated heterocycles. The topological polar surface area (TPSA) is 58.6 Å². The van der Waals surface area contributed by atoms with Crippen molar-refractivity contribution in [1.82, 2.24) is 4.98 Å². The molecule has 3 rings (SSSR count). The molecule has 0 unspecified atom stereocenters. The highest BCUT2D eigenvalue weighted by Gasteiger charge is 2.14. The van der Waals surface area contributed by atoms with Crippen LogP contribution in [0.5, 0.6) is 0 Å². The van der Waals surface area contributed by atoms with E-state index >= 15 is 0 Å². The predicted octanol–water partition coefficient (Wildman–Crippen LogP) is 4.11. The number of quaternary nitrogens is 1. The van der Waals surface area contributed by atoms with Gasteiger partial charge in [0.15, 0.2) is 0 Å². The summed E-state index contributed by atoms with van der Waals surface area (Å²) in [7, 11) is 0. The molecule has 1 heterocycles. The number of amides is 1. The van der Waals surface area contributed by atoms with E-state index in [2.05, 4.69) is 22.5 Å². The number of aromatic nitrogens is 1. The van der Waals surface area contributed by atoms with E-state index in [-0.39, 0.29) is 11.9 Å². The second-order valence-corrected chi connectivity index (χ2v) is 7.92. The summed E-state index contributed by atoms with van der Waals surface area (Å²) in [6.45, 7) is 4.90. The molecule has 1 amide bonds. The summed E-state index contributed by atoms with van der Waals surface area (Å²) in [6, 6.07) is 15.9. The van der Waals surface area contributed by atoms with Crippen LogP contribution in [0.2, 0.25) is 5.02 Å². The van der Waals surface area contributed by atoms with Crippen molar-refractivity contribution in [2.75, 3.05) is 5.32 Å². The number of nitrogens with two attached hydrogens (primary N) is 1. The van der Waals surface area contributed by atoms with Gasteiger partial charge in [0, 0.05) is 21.7 Å². The maximum Gasteiger partial charge on any atom is 0.231 e. The first-order chi connectivity index (χ1) is 13.0. The van der Waals surface area contributed by atoms with E-state index in [4.69, 9.17) is 11.6 Å². The van der Waals surface area contributed by atoms with Crippen molar-refractivity contribution in [3.05, 3.63) is 80.8 Å². The molecular formula is C21H23ClN3OS+. The number of carbonyl (C=O) groups excluding carboxylic acids is 1. The first-order valence-corrected chi connectivity index (χ1v) is 10.1. The summed E-state index contributed by atoms with van der Waals surface area (Å²) in [6.07, 6.45) is 0.290. The van der Waals surface area contributed by atoms with Crippen LogP contribution in [0.4, 0.5) is 5.69 Å². The lowest BCUT2D eigenvalue weighted by Gasteiger charge is -2.11. The van der Waals surface area contributed by atoms with Crippen molar-refractivity contribution in [1.29, 1.82) is 0 Å². The van der Waals surface area contributed by atoms with Crippen LogP contribution >= 0.6 is 22.9 Å². The van der Waals surface area contributed by atoms with Crippen LogP contribution in [-0.2, 0) is 17.8 Å². The molecule has 27 heavy (non-hydrogen) atoms. The number of rotatable bonds is 7. The highest BCUT2D eigenvalue weighted by Crippen LogP contribution is 2.20. The Morgan fingerprint density at radius 2 is 1.96 bits per heavy atom. The van der Waals surface area contributed by atoms with Crippen molar-refractivity contribution < 1.29 is 10.1 Å². The monoisotopic (exact) mass is 400 g/mol. The van der Waals surface area contributed by atoms with E-state index in [0.717, 1.165) is 33.5 Å². The summed E-state index contributed by atoms with van der Waals surface area (Å²) in [4.78, 5) is 16.8. The Kier molecular flexibility index (Phi) is 6.61. The number of carbonyl (C=O) groups is 1. The van der Waals surface area contributed by atoms with Crippen molar-refractivity contribution in [3.8, 4) is 0 Å². The molecule has 1 aromatic heterocycles. The molecule has 0 spiro atoms. The van der Waals surface area contributed by atoms with Gasteiger partial charge in [-0.15, -0.1) is 11.3 Å². The van der Waals surface area contributed by atoms with Gasteiger partial charge in [-0.25, -0.2) is 4.98 Å². The van der Waals surface area contributed by atoms with Gasteiger partial charge in [-0.2, -0.15) is 0 Å². The fourth-order valence-electron chi connectivity index (χ4n) is 2.77. The van der Waals surface area contributed by atoms with E-state index in [0.29, 0.717) is 6.42 Å². The predicted molar refractivity (Wildman–Crippen MR) is 111 cm³/mol. The van der Waals surface area contributed by atoms with Gasteiger partial charge in [0.05, 0.1) is 6.42 Å². The Balaban J connectivity index is 1.51. The average Bonchev–Trinajstić information content (AvgIpc) is 3.09. The average molecular weight is 401 g/mol. The minimum absolute atomic E-state index is 0.0480. The Morgan fingerprint density at radius 1 is 1.22 bits per heavy atom. The van der Waals surface area contributed by atoms with E-state index in [1.54, 1.807) is 0 Å². The third kappa shape index (κ3) is 5.63. The van der Waals surface area contributed by atoms with Gasteiger partial charge in [-0.3, -0.25) is 4.79 Å². The van der Waals surface area contributed by atoms with E-state index in [1.807, 2.05) is 60.8 Å². The molecule has 4 nitrogen and oxygen atoms in total. The Labute approximate surface area is 168 Å². The summed E-state index contributed by atoms with van der Waals surface area (Å²) >= 11 is 7.78. The summed E-state index contributed by atoms with van der Waals surface area (Å²) < 4.78 is 0. The lowest BCUT2D eigenvalue weighted by atomic mass is 10.1. The van der Waals surface area contributed by atoms with Gasteiger partial charge in [-0.05, 0) is 32.0 Å². The Bertz CT molecular complexity index is 908. The number of anilines is 1. The minimum atomic E-state index is -0.0480. The second-order valence-electron chi connectivity index (χ2n) is 6.57. The van der Waals surface area contributed by atoms with Crippen molar-refractivity contribution in [2.45, 2.75) is 32.9 Å². The molecule has 0 fully saturated rings. The fraction of sp³-hybridized carbons (Fsp3) is 0.238. The summed E-state index contributed by atoms with van der Waals surface area (Å²) in [5, 5.41) is 8.74. The van der Waals surface area contributed by atoms with Gasteiger partial charge in [0.25, 0.3) is 0 Å². The van der Waals surface area contributed by atoms with Crippen LogP contribution in [0.1, 0.15) is 34.8 Å². The molecule has 2 aromatic carbocycles. The Hall–Kier alpha value is -2.21. The summed E-state index contributed by atoms with van der Waals surface area (Å²) in [5.41, 5.74) is 4.08. The lowest BCUT2D eigenvalue weighted by Crippen LogP contribution is -2.83. The van der Waals surface area contributed by atoms with Gasteiger partial charge in [0.2, 0.25) is 5.91 Å². The number of nitrogens with zero attached hydrogens (tertiary/aromatic N) is 1. The number of nitrogens with one attached hydrogen (secondary N) is 1. The molecule has 3 N–H and O–H groups in total. The van der Waals surface area contributed by atoms with Gasteiger partial charge in [-0.1, -0.05) is 47.5 Å². The largest absolute Gasteiger partial charge is 0.335 e. The third-order valence-corrected chi connectivity index (χ3v) is 5.56. The molecule has 0 aliphatic heterocycles. The molecule has 1 atom stereocenters. The number of aryl methyl sites for hydroxylation is 1.